The molecule has 1 rings (SSSR count). The highest BCUT2D eigenvalue weighted by molar-refractivity contribution is 5.91. The molecule has 146 valence electrons. The van der Waals surface area contributed by atoms with Gasteiger partial charge in [-0.1, -0.05) is 0 Å². The quantitative estimate of drug-likeness (QED) is 0.766. The molecule has 1 aromatic rings. The molecule has 0 radical (unpaired) electrons. The third-order valence-electron chi connectivity index (χ3n) is 3.84. The van der Waals surface area contributed by atoms with Crippen molar-refractivity contribution in [2.24, 2.45) is 0 Å². The summed E-state index contributed by atoms with van der Waals surface area (Å²) in [6.45, 7) is 6.67. The van der Waals surface area contributed by atoms with Gasteiger partial charge in [-0.05, 0) is 45.4 Å². The number of benzene rings is 1. The number of alkyl halides is 3. The van der Waals surface area contributed by atoms with Crippen LogP contribution in [-0.4, -0.2) is 40.6 Å². The van der Waals surface area contributed by atoms with Crippen molar-refractivity contribution in [1.29, 1.82) is 0 Å². The van der Waals surface area contributed by atoms with Gasteiger partial charge in [-0.25, -0.2) is 4.79 Å². The van der Waals surface area contributed by atoms with E-state index in [1.807, 2.05) is 0 Å². The number of nitrogens with two attached hydrogens (primary N) is 1. The minimum absolute atomic E-state index is 0.0664. The Morgan fingerprint density at radius 1 is 1.15 bits per heavy atom. The van der Waals surface area contributed by atoms with Gasteiger partial charge in [-0.3, -0.25) is 4.79 Å². The minimum atomic E-state index is -4.63. The van der Waals surface area contributed by atoms with Crippen LogP contribution in [0.4, 0.5) is 29.3 Å². The highest BCUT2D eigenvalue weighted by Gasteiger charge is 2.34. The number of hydrogen-bond acceptors (Lipinski definition) is 3. The molecule has 0 atom stereocenters. The standard InChI is InChI=1S/C17H24F3N3O3/c1-11(24)22(8-5-9-23(15(25)26)16(2,3)4)12-6-7-14(21)13(10-12)17(18,19)20/h6-7,10H,5,8-9,21H2,1-4H3,(H,25,26). The van der Waals surface area contributed by atoms with Gasteiger partial charge in [0.15, 0.2) is 0 Å². The molecule has 6 nitrogen and oxygen atoms in total. The van der Waals surface area contributed by atoms with Gasteiger partial charge in [-0.15, -0.1) is 0 Å². The smallest absolute Gasteiger partial charge is 0.418 e. The molecule has 0 aliphatic heterocycles. The fourth-order valence-electron chi connectivity index (χ4n) is 2.53. The van der Waals surface area contributed by atoms with Crippen molar-refractivity contribution in [3.63, 3.8) is 0 Å². The van der Waals surface area contributed by atoms with E-state index in [2.05, 4.69) is 0 Å². The molecule has 0 aromatic heterocycles. The number of hydrogen-bond donors (Lipinski definition) is 2. The Kier molecular flexibility index (Phi) is 6.51. The van der Waals surface area contributed by atoms with Crippen molar-refractivity contribution < 1.29 is 27.9 Å². The summed E-state index contributed by atoms with van der Waals surface area (Å²) in [6.07, 6.45) is -5.46. The van der Waals surface area contributed by atoms with Gasteiger partial charge in [0, 0.05) is 36.9 Å². The summed E-state index contributed by atoms with van der Waals surface area (Å²) in [7, 11) is 0. The van der Waals surface area contributed by atoms with Crippen molar-refractivity contribution in [1.82, 2.24) is 4.90 Å². The number of carboxylic acid groups (broad SMARTS) is 1. The molecule has 0 aliphatic rings. The molecule has 0 unspecified atom stereocenters. The van der Waals surface area contributed by atoms with Crippen LogP contribution >= 0.6 is 0 Å². The highest BCUT2D eigenvalue weighted by Crippen LogP contribution is 2.36. The fourth-order valence-corrected chi connectivity index (χ4v) is 2.53. The molecule has 26 heavy (non-hydrogen) atoms. The third kappa shape index (κ3) is 5.53. The van der Waals surface area contributed by atoms with Gasteiger partial charge in [-0.2, -0.15) is 13.2 Å². The molecule has 1 aromatic carbocycles. The Hall–Kier alpha value is -2.45. The predicted octanol–water partition coefficient (Wildman–Crippen LogP) is 3.81. The second kappa shape index (κ2) is 7.84. The number of amides is 2. The maximum atomic E-state index is 13.0. The monoisotopic (exact) mass is 375 g/mol. The Balaban J connectivity index is 2.98. The number of rotatable bonds is 5. The van der Waals surface area contributed by atoms with Crippen LogP contribution in [0.1, 0.15) is 39.7 Å². The van der Waals surface area contributed by atoms with E-state index in [0.29, 0.717) is 0 Å². The van der Waals surface area contributed by atoms with Crippen molar-refractivity contribution >= 4 is 23.4 Å². The van der Waals surface area contributed by atoms with Gasteiger partial charge in [0.05, 0.1) is 5.56 Å². The maximum Gasteiger partial charge on any atom is 0.418 e. The SMILES string of the molecule is CC(=O)N(CCCN(C(=O)O)C(C)(C)C)c1ccc(N)c(C(F)(F)F)c1. The molecule has 3 N–H and O–H groups in total. The van der Waals surface area contributed by atoms with Crippen LogP contribution in [0.15, 0.2) is 18.2 Å². The second-order valence-electron chi connectivity index (χ2n) is 6.90. The molecule has 9 heteroatoms. The van der Waals surface area contributed by atoms with Crippen LogP contribution in [0.5, 0.6) is 0 Å². The summed E-state index contributed by atoms with van der Waals surface area (Å²) in [5.74, 6) is -0.444. The maximum absolute atomic E-state index is 13.0. The summed E-state index contributed by atoms with van der Waals surface area (Å²) in [6, 6.07) is 3.27. The summed E-state index contributed by atoms with van der Waals surface area (Å²) in [4.78, 5) is 25.6. The van der Waals surface area contributed by atoms with E-state index < -0.39 is 35.0 Å². The molecule has 0 fully saturated rings. The Labute approximate surface area is 150 Å². The van der Waals surface area contributed by atoms with Gasteiger partial charge < -0.3 is 20.6 Å². The zero-order chi connectivity index (χ0) is 20.3. The van der Waals surface area contributed by atoms with E-state index in [1.165, 1.54) is 22.8 Å². The van der Waals surface area contributed by atoms with Crippen LogP contribution < -0.4 is 10.6 Å². The Bertz CT molecular complexity index is 669. The number of anilines is 2. The topological polar surface area (TPSA) is 86.9 Å². The Morgan fingerprint density at radius 3 is 2.15 bits per heavy atom. The van der Waals surface area contributed by atoms with Gasteiger partial charge >= 0.3 is 12.3 Å². The van der Waals surface area contributed by atoms with Crippen LogP contribution in [0.2, 0.25) is 0 Å². The molecule has 2 amide bonds. The van der Waals surface area contributed by atoms with Gasteiger partial charge in [0.1, 0.15) is 0 Å². The fraction of sp³-hybridized carbons (Fsp3) is 0.529. The van der Waals surface area contributed by atoms with Gasteiger partial charge in [0.25, 0.3) is 0 Å². The Morgan fingerprint density at radius 2 is 1.73 bits per heavy atom. The van der Waals surface area contributed by atoms with E-state index in [0.717, 1.165) is 12.1 Å². The number of halogens is 3. The molecule has 0 spiro atoms. The molecule has 0 bridgehead atoms. The lowest BCUT2D eigenvalue weighted by molar-refractivity contribution is -0.137. The number of carbonyl (C=O) groups is 2. The average molecular weight is 375 g/mol. The lowest BCUT2D eigenvalue weighted by Crippen LogP contribution is -2.46. The van der Waals surface area contributed by atoms with Crippen molar-refractivity contribution in [3.8, 4) is 0 Å². The molecular formula is C17H24F3N3O3. The number of carbonyl (C=O) groups excluding carboxylic acids is 1. The normalized spacial score (nSPS) is 12.0. The average Bonchev–Trinajstić information content (AvgIpc) is 2.44. The zero-order valence-electron chi connectivity index (χ0n) is 15.2. The summed E-state index contributed by atoms with van der Waals surface area (Å²) in [5, 5.41) is 9.26. The van der Waals surface area contributed by atoms with E-state index in [1.54, 1.807) is 20.8 Å². The predicted molar refractivity (Wildman–Crippen MR) is 93.0 cm³/mol. The summed E-state index contributed by atoms with van der Waals surface area (Å²) < 4.78 is 39.0. The van der Waals surface area contributed by atoms with Crippen molar-refractivity contribution in [2.45, 2.75) is 45.8 Å². The summed E-state index contributed by atoms with van der Waals surface area (Å²) >= 11 is 0. The number of nitrogen functional groups attached to an aromatic ring is 1. The van der Waals surface area contributed by atoms with E-state index in [-0.39, 0.29) is 25.2 Å². The number of nitrogens with zero attached hydrogens (tertiary/aromatic N) is 2. The molecule has 0 saturated carbocycles. The van der Waals surface area contributed by atoms with E-state index >= 15 is 0 Å². The van der Waals surface area contributed by atoms with Crippen LogP contribution in [0.3, 0.4) is 0 Å². The van der Waals surface area contributed by atoms with Crippen LogP contribution in [0.25, 0.3) is 0 Å². The second-order valence-corrected chi connectivity index (χ2v) is 6.90. The highest BCUT2D eigenvalue weighted by atomic mass is 19.4. The third-order valence-corrected chi connectivity index (χ3v) is 3.84. The molecule has 0 saturated heterocycles. The molecule has 0 aliphatic carbocycles. The van der Waals surface area contributed by atoms with Crippen molar-refractivity contribution in [3.05, 3.63) is 23.8 Å². The lowest BCUT2D eigenvalue weighted by Gasteiger charge is -2.34. The summed E-state index contributed by atoms with van der Waals surface area (Å²) in [5.41, 5.74) is 3.38. The van der Waals surface area contributed by atoms with Gasteiger partial charge in [0.2, 0.25) is 5.91 Å². The largest absolute Gasteiger partial charge is 0.465 e. The van der Waals surface area contributed by atoms with Crippen LogP contribution in [0, 0.1) is 0 Å². The first-order valence-electron chi connectivity index (χ1n) is 8.00. The first-order chi connectivity index (χ1) is 11.7. The first kappa shape index (κ1) is 21.6. The van der Waals surface area contributed by atoms with Crippen LogP contribution in [-0.2, 0) is 11.0 Å². The molecular weight excluding hydrogens is 351 g/mol. The minimum Gasteiger partial charge on any atom is -0.465 e. The lowest BCUT2D eigenvalue weighted by atomic mass is 10.1. The van der Waals surface area contributed by atoms with E-state index in [4.69, 9.17) is 5.73 Å². The first-order valence-corrected chi connectivity index (χ1v) is 8.00. The zero-order valence-corrected chi connectivity index (χ0v) is 15.2. The molecule has 0 heterocycles. The van der Waals surface area contributed by atoms with Crippen molar-refractivity contribution in [2.75, 3.05) is 23.7 Å². The van der Waals surface area contributed by atoms with E-state index in [9.17, 15) is 27.9 Å².